The number of hydrogen-bond donors (Lipinski definition) is 1. The Morgan fingerprint density at radius 2 is 0.912 bits per heavy atom. The molecule has 7 heteroatoms. The standard InChI is InChI=1S/C32H63N3O3S.C18H38/c1-5-6-7-8-9-16-21-29-38-31(37)24-18-13-11-15-20-27-35(28-22-25-33-32(39)34(3)4)26-19-14-10-12-17-23-30(2)36;1-4-6-8-10-12-14-16-18(3)17-15-13-11-9-7-5-2/h5-29H2,1-4H3,(H,33,39);18H,4-17H2,1-3H3. The van der Waals surface area contributed by atoms with E-state index in [0.29, 0.717) is 18.8 Å². The van der Waals surface area contributed by atoms with Gasteiger partial charge in [-0.3, -0.25) is 4.79 Å². The van der Waals surface area contributed by atoms with Crippen LogP contribution in [0.4, 0.5) is 0 Å². The zero-order valence-corrected chi connectivity index (χ0v) is 40.5. The van der Waals surface area contributed by atoms with Gasteiger partial charge >= 0.3 is 5.97 Å². The van der Waals surface area contributed by atoms with E-state index >= 15 is 0 Å². The predicted molar refractivity (Wildman–Crippen MR) is 256 cm³/mol. The van der Waals surface area contributed by atoms with Gasteiger partial charge in [0.15, 0.2) is 5.11 Å². The van der Waals surface area contributed by atoms with Crippen LogP contribution in [-0.2, 0) is 14.3 Å². The maximum absolute atomic E-state index is 12.0. The number of unbranched alkanes of at least 4 members (excludes halogenated alkanes) is 24. The van der Waals surface area contributed by atoms with Gasteiger partial charge in [0.1, 0.15) is 5.78 Å². The number of Topliss-reactive ketones (excluding diaryl/α,β-unsaturated/α-hetero) is 1. The fraction of sp³-hybridized carbons (Fsp3) is 0.940. The van der Waals surface area contributed by atoms with Crippen molar-refractivity contribution in [3.63, 3.8) is 0 Å². The summed E-state index contributed by atoms with van der Waals surface area (Å²) in [6, 6.07) is 0. The molecule has 0 aliphatic rings. The summed E-state index contributed by atoms with van der Waals surface area (Å²) in [6.07, 6.45) is 43.0. The van der Waals surface area contributed by atoms with Gasteiger partial charge < -0.3 is 24.6 Å². The zero-order chi connectivity index (χ0) is 42.5. The molecule has 0 aromatic rings. The van der Waals surface area contributed by atoms with E-state index in [9.17, 15) is 9.59 Å². The Morgan fingerprint density at radius 1 is 0.526 bits per heavy atom. The van der Waals surface area contributed by atoms with E-state index in [-0.39, 0.29) is 5.97 Å². The van der Waals surface area contributed by atoms with E-state index in [0.717, 1.165) is 82.2 Å². The van der Waals surface area contributed by atoms with Crippen molar-refractivity contribution in [1.82, 2.24) is 15.1 Å². The summed E-state index contributed by atoms with van der Waals surface area (Å²) >= 11 is 5.33. The van der Waals surface area contributed by atoms with Gasteiger partial charge in [0.2, 0.25) is 0 Å². The molecular formula is C50H101N3O3S. The molecule has 57 heavy (non-hydrogen) atoms. The van der Waals surface area contributed by atoms with Gasteiger partial charge in [-0.2, -0.15) is 0 Å². The van der Waals surface area contributed by atoms with Crippen molar-refractivity contribution in [1.29, 1.82) is 0 Å². The van der Waals surface area contributed by atoms with Gasteiger partial charge in [-0.1, -0.05) is 195 Å². The van der Waals surface area contributed by atoms with Gasteiger partial charge in [-0.05, 0) is 83.2 Å². The summed E-state index contributed by atoms with van der Waals surface area (Å²) < 4.78 is 5.41. The average Bonchev–Trinajstić information content (AvgIpc) is 3.19. The van der Waals surface area contributed by atoms with Crippen LogP contribution < -0.4 is 5.32 Å². The molecule has 0 aliphatic carbocycles. The molecule has 0 fully saturated rings. The largest absolute Gasteiger partial charge is 0.466 e. The molecule has 1 N–H and O–H groups in total. The lowest BCUT2D eigenvalue weighted by molar-refractivity contribution is -0.143. The summed E-state index contributed by atoms with van der Waals surface area (Å²) in [7, 11) is 3.94. The maximum atomic E-state index is 12.0. The molecule has 0 atom stereocenters. The molecule has 0 radical (unpaired) electrons. The molecule has 0 amide bonds. The van der Waals surface area contributed by atoms with Crippen LogP contribution in [-0.4, -0.2) is 73.5 Å². The van der Waals surface area contributed by atoms with Gasteiger partial charge in [-0.25, -0.2) is 0 Å². The van der Waals surface area contributed by atoms with Crippen LogP contribution in [0.25, 0.3) is 0 Å². The van der Waals surface area contributed by atoms with Crippen LogP contribution in [0.2, 0.25) is 0 Å². The van der Waals surface area contributed by atoms with Crippen molar-refractivity contribution in [2.24, 2.45) is 5.92 Å². The normalized spacial score (nSPS) is 11.2. The number of esters is 1. The van der Waals surface area contributed by atoms with E-state index < -0.39 is 0 Å². The molecule has 6 nitrogen and oxygen atoms in total. The molecule has 0 aromatic carbocycles. The third kappa shape index (κ3) is 49.1. The Kier molecular flexibility index (Phi) is 48.2. The lowest BCUT2D eigenvalue weighted by Gasteiger charge is -2.23. The number of nitrogens with one attached hydrogen (secondary N) is 1. The molecule has 0 saturated carbocycles. The molecule has 0 aromatic heterocycles. The van der Waals surface area contributed by atoms with Gasteiger partial charge in [0.05, 0.1) is 6.61 Å². The Labute approximate surface area is 362 Å². The molecule has 0 rings (SSSR count). The van der Waals surface area contributed by atoms with Gasteiger partial charge in [0.25, 0.3) is 0 Å². The van der Waals surface area contributed by atoms with Crippen LogP contribution in [0, 0.1) is 5.92 Å². The molecular weight excluding hydrogens is 723 g/mol. The average molecular weight is 824 g/mol. The monoisotopic (exact) mass is 824 g/mol. The van der Waals surface area contributed by atoms with Crippen molar-refractivity contribution in [3.8, 4) is 0 Å². The topological polar surface area (TPSA) is 61.9 Å². The summed E-state index contributed by atoms with van der Waals surface area (Å²) in [5.74, 6) is 1.26. The van der Waals surface area contributed by atoms with E-state index in [2.05, 4.69) is 37.9 Å². The van der Waals surface area contributed by atoms with E-state index in [4.69, 9.17) is 17.0 Å². The van der Waals surface area contributed by atoms with Crippen LogP contribution in [0.15, 0.2) is 0 Å². The van der Waals surface area contributed by atoms with E-state index in [1.54, 1.807) is 6.92 Å². The quantitative estimate of drug-likeness (QED) is 0.0374. The molecule has 0 heterocycles. The molecule has 0 unspecified atom stereocenters. The van der Waals surface area contributed by atoms with Crippen LogP contribution >= 0.6 is 12.2 Å². The maximum Gasteiger partial charge on any atom is 0.305 e. The molecule has 0 spiro atoms. The van der Waals surface area contributed by atoms with Crippen molar-refractivity contribution in [2.75, 3.05) is 46.9 Å². The summed E-state index contributed by atoms with van der Waals surface area (Å²) in [4.78, 5) is 27.6. The van der Waals surface area contributed by atoms with Crippen LogP contribution in [0.3, 0.4) is 0 Å². The smallest absolute Gasteiger partial charge is 0.305 e. The minimum atomic E-state index is -0.0178. The lowest BCUT2D eigenvalue weighted by atomic mass is 9.96. The van der Waals surface area contributed by atoms with Gasteiger partial charge in [-0.15, -0.1) is 0 Å². The highest BCUT2D eigenvalue weighted by Crippen LogP contribution is 2.18. The van der Waals surface area contributed by atoms with Crippen molar-refractivity contribution in [3.05, 3.63) is 0 Å². The fourth-order valence-corrected chi connectivity index (χ4v) is 7.48. The van der Waals surface area contributed by atoms with Crippen molar-refractivity contribution < 1.29 is 14.3 Å². The number of thiocarbonyl (C=S) groups is 1. The second-order valence-corrected chi connectivity index (χ2v) is 18.0. The highest BCUT2D eigenvalue weighted by atomic mass is 32.1. The molecule has 340 valence electrons. The summed E-state index contributed by atoms with van der Waals surface area (Å²) in [5.41, 5.74) is 0. The number of nitrogens with zero attached hydrogens (tertiary/aromatic N) is 2. The minimum absolute atomic E-state index is 0.0178. The van der Waals surface area contributed by atoms with Crippen LogP contribution in [0.5, 0.6) is 0 Å². The highest BCUT2D eigenvalue weighted by molar-refractivity contribution is 7.80. The number of carbonyl (C=O) groups is 2. The third-order valence-corrected chi connectivity index (χ3v) is 11.8. The second kappa shape index (κ2) is 47.5. The Bertz CT molecular complexity index is 839. The first-order valence-electron chi connectivity index (χ1n) is 25.0. The number of rotatable bonds is 42. The highest BCUT2D eigenvalue weighted by Gasteiger charge is 2.07. The van der Waals surface area contributed by atoms with Gasteiger partial charge in [0, 0.05) is 33.5 Å². The summed E-state index contributed by atoms with van der Waals surface area (Å²) in [5, 5.41) is 4.13. The Morgan fingerprint density at radius 3 is 1.37 bits per heavy atom. The predicted octanol–water partition coefficient (Wildman–Crippen LogP) is 14.8. The molecule has 0 bridgehead atoms. The number of ether oxygens (including phenoxy) is 1. The Hall–Kier alpha value is -1.21. The van der Waals surface area contributed by atoms with E-state index in [1.165, 1.54) is 167 Å². The van der Waals surface area contributed by atoms with Crippen LogP contribution in [0.1, 0.15) is 253 Å². The SMILES string of the molecule is CCCCCCCCC(C)CCCCCCCC.CCCCCCCCCOC(=O)CCCCCCCN(CCCCCCCC(C)=O)CCCNC(=S)N(C)C. The van der Waals surface area contributed by atoms with E-state index in [1.807, 2.05) is 19.0 Å². The fourth-order valence-electron chi connectivity index (χ4n) is 7.37. The first kappa shape index (κ1) is 57.9. The first-order valence-corrected chi connectivity index (χ1v) is 25.4. The minimum Gasteiger partial charge on any atom is -0.466 e. The third-order valence-electron chi connectivity index (χ3n) is 11.3. The zero-order valence-electron chi connectivity index (χ0n) is 39.7. The molecule has 0 aliphatic heterocycles. The number of ketones is 1. The van der Waals surface area contributed by atoms with Crippen molar-refractivity contribution in [2.45, 2.75) is 253 Å². The second-order valence-electron chi connectivity index (χ2n) is 17.6. The number of carbonyl (C=O) groups excluding carboxylic acids is 2. The number of hydrogen-bond acceptors (Lipinski definition) is 5. The Balaban J connectivity index is 0. The molecule has 0 saturated heterocycles. The van der Waals surface area contributed by atoms with Crippen molar-refractivity contribution >= 4 is 29.1 Å². The first-order chi connectivity index (χ1) is 27.7. The lowest BCUT2D eigenvalue weighted by Crippen LogP contribution is -2.36. The summed E-state index contributed by atoms with van der Waals surface area (Å²) in [6.45, 7) is 15.9.